The number of imidazole rings is 1. The summed E-state index contributed by atoms with van der Waals surface area (Å²) in [6.07, 6.45) is 3.68. The van der Waals surface area contributed by atoms with E-state index in [-0.39, 0.29) is 5.97 Å². The molecule has 1 N–H and O–H groups in total. The van der Waals surface area contributed by atoms with Crippen LogP contribution in [0.2, 0.25) is 0 Å². The topological polar surface area (TPSA) is 67.9 Å². The Balaban J connectivity index is 2.21. The van der Waals surface area contributed by atoms with Gasteiger partial charge >= 0.3 is 125 Å². The molecule has 20 heavy (non-hydrogen) atoms. The van der Waals surface area contributed by atoms with Gasteiger partial charge in [-0.15, -0.1) is 0 Å². The number of H-pyrrole nitrogens is 1. The van der Waals surface area contributed by atoms with Crippen molar-refractivity contribution < 1.29 is 28.9 Å². The van der Waals surface area contributed by atoms with Crippen molar-refractivity contribution in [1.82, 2.24) is 15.0 Å². The fourth-order valence-corrected chi connectivity index (χ4v) is 2.43. The normalized spacial score (nSPS) is 11.4. The van der Waals surface area contributed by atoms with Crippen LogP contribution in [-0.4, -0.2) is 31.9 Å². The number of carbonyl (C=O) groups is 1. The molecule has 0 atom stereocenters. The molecule has 2 aromatic heterocycles. The Hall–Kier alpha value is -1.39. The molecule has 7 heteroatoms. The molecule has 104 valence electrons. The van der Waals surface area contributed by atoms with Crippen LogP contribution >= 0.6 is 11.3 Å². The number of esters is 1. The number of nitrogens with zero attached hydrogens (tertiary/aromatic N) is 2. The number of nitrogens with one attached hydrogen (secondary N) is 1. The predicted octanol–water partition coefficient (Wildman–Crippen LogP) is 2.46. The minimum absolute atomic E-state index is 0.349. The molecule has 0 aliphatic carbocycles. The standard InChI is InChI=1S/C13H13N3O2S.W/c1-4-18-13(17)12-16-10(7-19-12)9-6-14-11(15-9)5-8(2)3;/h2,5-7H,4H2,1,3H3,(H,14,15);/b8-5+;. The van der Waals surface area contributed by atoms with Gasteiger partial charge < -0.3 is 0 Å². The van der Waals surface area contributed by atoms with E-state index in [9.17, 15) is 4.79 Å². The van der Waals surface area contributed by atoms with Crippen molar-refractivity contribution in [3.63, 3.8) is 0 Å². The van der Waals surface area contributed by atoms with Gasteiger partial charge in [0.15, 0.2) is 0 Å². The van der Waals surface area contributed by atoms with Crippen LogP contribution in [-0.2, 0) is 24.1 Å². The molecule has 0 unspecified atom stereocenters. The molecule has 0 bridgehead atoms. The van der Waals surface area contributed by atoms with Crippen molar-refractivity contribution in [3.05, 3.63) is 28.0 Å². The van der Waals surface area contributed by atoms with Gasteiger partial charge in [0.2, 0.25) is 0 Å². The van der Waals surface area contributed by atoms with Gasteiger partial charge in [0.25, 0.3) is 0 Å². The predicted molar refractivity (Wildman–Crippen MR) is 75.4 cm³/mol. The van der Waals surface area contributed by atoms with Crippen molar-refractivity contribution in [1.29, 1.82) is 0 Å². The number of aromatic nitrogens is 3. The molecule has 2 rings (SSSR count). The Morgan fingerprint density at radius 1 is 1.60 bits per heavy atom. The monoisotopic (exact) mass is 459 g/mol. The van der Waals surface area contributed by atoms with Crippen LogP contribution in [0.5, 0.6) is 0 Å². The SMILES string of the molecule is CCOC(=O)c1nc(-c2cnc(/C=C(/C)[CH]=[W])[nH]2)cs1. The maximum absolute atomic E-state index is 11.6. The molecule has 5 nitrogen and oxygen atoms in total. The Kier molecular flexibility index (Phi) is 5.15. The maximum atomic E-state index is 11.6. The number of rotatable bonds is 5. The van der Waals surface area contributed by atoms with Crippen LogP contribution in [0.15, 0.2) is 17.2 Å². The van der Waals surface area contributed by atoms with Crippen molar-refractivity contribution >= 4 is 27.8 Å². The average Bonchev–Trinajstić information content (AvgIpc) is 3.07. The zero-order valence-corrected chi connectivity index (χ0v) is 14.8. The molecule has 0 saturated carbocycles. The second-order valence-electron chi connectivity index (χ2n) is 3.95. The third-order valence-corrected chi connectivity index (χ3v) is 4.53. The zero-order chi connectivity index (χ0) is 14.5. The van der Waals surface area contributed by atoms with Crippen LogP contribution in [0.4, 0.5) is 0 Å². The zero-order valence-electron chi connectivity index (χ0n) is 11.0. The first-order valence-electron chi connectivity index (χ1n) is 5.95. The summed E-state index contributed by atoms with van der Waals surface area (Å²) >= 11 is 2.67. The summed E-state index contributed by atoms with van der Waals surface area (Å²) in [5.74, 6) is 0.392. The van der Waals surface area contributed by atoms with Gasteiger partial charge in [-0.05, 0) is 6.92 Å². The van der Waals surface area contributed by atoms with E-state index in [2.05, 4.69) is 19.4 Å². The second-order valence-corrected chi connectivity index (χ2v) is 5.65. The van der Waals surface area contributed by atoms with Crippen LogP contribution in [0.3, 0.4) is 0 Å². The Morgan fingerprint density at radius 2 is 2.40 bits per heavy atom. The van der Waals surface area contributed by atoms with Gasteiger partial charge in [-0.3, -0.25) is 0 Å². The number of ether oxygens (including phenoxy) is 1. The summed E-state index contributed by atoms with van der Waals surface area (Å²) in [6.45, 7) is 4.15. The summed E-state index contributed by atoms with van der Waals surface area (Å²) in [4.78, 5) is 23.3. The Bertz CT molecular complexity index is 660. The van der Waals surface area contributed by atoms with Gasteiger partial charge in [-0.2, -0.15) is 0 Å². The molecule has 0 aliphatic heterocycles. The molecular weight excluding hydrogens is 446 g/mol. The third-order valence-electron chi connectivity index (χ3n) is 2.38. The molecule has 2 aromatic rings. The van der Waals surface area contributed by atoms with Gasteiger partial charge in [-0.25, -0.2) is 0 Å². The number of thiazole rings is 1. The number of allylic oxidation sites excluding steroid dienone is 1. The van der Waals surface area contributed by atoms with E-state index in [0.29, 0.717) is 17.3 Å². The summed E-state index contributed by atoms with van der Waals surface area (Å²) < 4.78 is 7.01. The average molecular weight is 459 g/mol. The first-order chi connectivity index (χ1) is 9.63. The van der Waals surface area contributed by atoms with Crippen molar-refractivity contribution in [2.45, 2.75) is 13.8 Å². The van der Waals surface area contributed by atoms with E-state index < -0.39 is 0 Å². The first-order valence-corrected chi connectivity index (χ1v) is 8.53. The number of hydrogen-bond acceptors (Lipinski definition) is 5. The summed E-state index contributed by atoms with van der Waals surface area (Å²) in [5.41, 5.74) is 2.65. The number of hydrogen-bond donors (Lipinski definition) is 1. The van der Waals surface area contributed by atoms with Crippen molar-refractivity contribution in [2.75, 3.05) is 6.61 Å². The van der Waals surface area contributed by atoms with Gasteiger partial charge in [0.1, 0.15) is 0 Å². The second kappa shape index (κ2) is 6.86. The summed E-state index contributed by atoms with van der Waals surface area (Å²) in [6, 6.07) is 0. The molecular formula is C13H13N3O2SW. The van der Waals surface area contributed by atoms with Crippen molar-refractivity contribution in [2.24, 2.45) is 0 Å². The Morgan fingerprint density at radius 3 is 3.10 bits per heavy atom. The molecule has 0 radical (unpaired) electrons. The molecule has 0 aromatic carbocycles. The first kappa shape index (κ1) is 15.0. The summed E-state index contributed by atoms with van der Waals surface area (Å²) in [5, 5.41) is 2.17. The molecule has 0 aliphatic rings. The molecule has 0 spiro atoms. The molecule has 0 fully saturated rings. The van der Waals surface area contributed by atoms with Gasteiger partial charge in [0.05, 0.1) is 0 Å². The van der Waals surface area contributed by atoms with E-state index in [1.54, 1.807) is 13.1 Å². The van der Waals surface area contributed by atoms with Crippen LogP contribution < -0.4 is 0 Å². The van der Waals surface area contributed by atoms with Crippen LogP contribution in [0, 0.1) is 0 Å². The molecule has 2 heterocycles. The van der Waals surface area contributed by atoms with Gasteiger partial charge in [-0.1, -0.05) is 0 Å². The van der Waals surface area contributed by atoms with E-state index in [1.807, 2.05) is 18.4 Å². The number of aromatic amines is 1. The van der Waals surface area contributed by atoms with Crippen LogP contribution in [0.25, 0.3) is 17.5 Å². The number of carbonyl (C=O) groups excluding carboxylic acids is 1. The van der Waals surface area contributed by atoms with Gasteiger partial charge in [0, 0.05) is 0 Å². The van der Waals surface area contributed by atoms with E-state index in [0.717, 1.165) is 17.1 Å². The minimum atomic E-state index is -0.386. The fraction of sp³-hybridized carbons (Fsp3) is 0.231. The van der Waals surface area contributed by atoms with Crippen molar-refractivity contribution in [3.8, 4) is 11.4 Å². The summed E-state index contributed by atoms with van der Waals surface area (Å²) in [7, 11) is 0. The molecule has 0 amide bonds. The Labute approximate surface area is 131 Å². The van der Waals surface area contributed by atoms with Crippen LogP contribution in [0.1, 0.15) is 29.5 Å². The van der Waals surface area contributed by atoms with E-state index in [1.165, 1.54) is 30.7 Å². The fourth-order valence-electron chi connectivity index (χ4n) is 1.47. The molecule has 0 saturated heterocycles. The quantitative estimate of drug-likeness (QED) is 0.699. The third kappa shape index (κ3) is 3.58. The van der Waals surface area contributed by atoms with E-state index >= 15 is 0 Å². The van der Waals surface area contributed by atoms with E-state index in [4.69, 9.17) is 4.74 Å².